The summed E-state index contributed by atoms with van der Waals surface area (Å²) in [6.45, 7) is 4.14. The van der Waals surface area contributed by atoms with Crippen molar-refractivity contribution in [1.82, 2.24) is 24.9 Å². The van der Waals surface area contributed by atoms with Crippen LogP contribution in [-0.4, -0.2) is 43.5 Å². The number of fused-ring (bicyclic) bond motifs is 1. The van der Waals surface area contributed by atoms with Gasteiger partial charge in [-0.15, -0.1) is 10.2 Å². The number of nitrogens with zero attached hydrogens (tertiary/aromatic N) is 5. The number of amides is 1. The molecule has 7 nitrogen and oxygen atoms in total. The second kappa shape index (κ2) is 6.59. The van der Waals surface area contributed by atoms with Gasteiger partial charge in [-0.3, -0.25) is 9.48 Å². The molecule has 0 aromatic carbocycles. The monoisotopic (exact) mass is 397 g/mol. The number of likely N-dealkylation sites (tertiary alicyclic amines) is 1. The molecule has 28 heavy (non-hydrogen) atoms. The van der Waals surface area contributed by atoms with Crippen LogP contribution in [0.3, 0.4) is 0 Å². The number of aromatic nitrogens is 4. The van der Waals surface area contributed by atoms with E-state index in [9.17, 15) is 18.0 Å². The Morgan fingerprint density at radius 2 is 2.14 bits per heavy atom. The summed E-state index contributed by atoms with van der Waals surface area (Å²) in [7, 11) is 0. The molecule has 10 heteroatoms. The Morgan fingerprint density at radius 1 is 1.36 bits per heavy atom. The number of hydrogen-bond acceptors (Lipinski definition) is 5. The third-order valence-electron chi connectivity index (χ3n) is 5.77. The van der Waals surface area contributed by atoms with E-state index in [-0.39, 0.29) is 30.0 Å². The van der Waals surface area contributed by atoms with Gasteiger partial charge in [0.15, 0.2) is 0 Å². The fourth-order valence-corrected chi connectivity index (χ4v) is 4.15. The van der Waals surface area contributed by atoms with Crippen LogP contribution < -0.4 is 0 Å². The Kier molecular flexibility index (Phi) is 4.46. The van der Waals surface area contributed by atoms with Crippen molar-refractivity contribution in [3.63, 3.8) is 0 Å². The minimum Gasteiger partial charge on any atom is -0.422 e. The maximum atomic E-state index is 13.1. The molecule has 0 unspecified atom stereocenters. The maximum absolute atomic E-state index is 13.1. The van der Waals surface area contributed by atoms with Crippen LogP contribution in [0.25, 0.3) is 0 Å². The summed E-state index contributed by atoms with van der Waals surface area (Å²) in [5, 5.41) is 12.4. The summed E-state index contributed by atoms with van der Waals surface area (Å²) in [5.41, 5.74) is -0.481. The highest BCUT2D eigenvalue weighted by Gasteiger charge is 2.61. The van der Waals surface area contributed by atoms with Crippen molar-refractivity contribution in [2.45, 2.75) is 63.7 Å². The van der Waals surface area contributed by atoms with E-state index in [4.69, 9.17) is 4.42 Å². The fraction of sp³-hybridized carbons (Fsp3) is 0.667. The Bertz CT molecular complexity index is 875. The zero-order chi connectivity index (χ0) is 20.1. The first-order valence-electron chi connectivity index (χ1n) is 9.47. The normalized spacial score (nSPS) is 24.5. The molecule has 0 spiro atoms. The molecular formula is C18H22F3N5O2. The number of aryl methyl sites for hydroxylation is 1. The predicted molar refractivity (Wildman–Crippen MR) is 91.3 cm³/mol. The van der Waals surface area contributed by atoms with E-state index in [0.717, 1.165) is 23.9 Å². The van der Waals surface area contributed by atoms with E-state index in [1.54, 1.807) is 4.90 Å². The first-order chi connectivity index (χ1) is 13.2. The topological polar surface area (TPSA) is 77.1 Å². The van der Waals surface area contributed by atoms with Gasteiger partial charge in [0.05, 0.1) is 6.42 Å². The van der Waals surface area contributed by atoms with Crippen LogP contribution in [0.2, 0.25) is 0 Å². The maximum Gasteiger partial charge on any atom is 0.390 e. The largest absolute Gasteiger partial charge is 0.422 e. The van der Waals surface area contributed by atoms with Crippen molar-refractivity contribution in [1.29, 1.82) is 0 Å². The zero-order valence-electron chi connectivity index (χ0n) is 15.7. The van der Waals surface area contributed by atoms with Gasteiger partial charge in [0.2, 0.25) is 11.8 Å². The van der Waals surface area contributed by atoms with Crippen LogP contribution >= 0.6 is 0 Å². The third kappa shape index (κ3) is 3.08. The third-order valence-corrected chi connectivity index (χ3v) is 5.77. The average Bonchev–Trinajstić information content (AvgIpc) is 3.30. The van der Waals surface area contributed by atoms with Crippen molar-refractivity contribution in [2.75, 3.05) is 6.54 Å². The van der Waals surface area contributed by atoms with E-state index in [2.05, 4.69) is 15.3 Å². The van der Waals surface area contributed by atoms with Gasteiger partial charge in [-0.2, -0.15) is 18.3 Å². The molecular weight excluding hydrogens is 375 g/mol. The first-order valence-corrected chi connectivity index (χ1v) is 9.47. The molecule has 2 aliphatic rings. The number of alkyl halides is 3. The summed E-state index contributed by atoms with van der Waals surface area (Å²) < 4.78 is 44.3. The molecule has 152 valence electrons. The van der Waals surface area contributed by atoms with E-state index >= 15 is 0 Å². The summed E-state index contributed by atoms with van der Waals surface area (Å²) >= 11 is 0. The van der Waals surface area contributed by atoms with E-state index < -0.39 is 18.1 Å². The molecule has 0 radical (unpaired) electrons. The second-order valence-corrected chi connectivity index (χ2v) is 7.83. The highest BCUT2D eigenvalue weighted by molar-refractivity contribution is 5.93. The Balaban J connectivity index is 1.56. The lowest BCUT2D eigenvalue weighted by atomic mass is 9.67. The lowest BCUT2D eigenvalue weighted by Gasteiger charge is -2.46. The van der Waals surface area contributed by atoms with Crippen molar-refractivity contribution in [2.24, 2.45) is 5.92 Å². The average molecular weight is 397 g/mol. The van der Waals surface area contributed by atoms with E-state index in [0.29, 0.717) is 18.3 Å². The molecule has 3 heterocycles. The number of halogens is 3. The molecule has 1 amide bonds. The van der Waals surface area contributed by atoms with Gasteiger partial charge in [0, 0.05) is 25.2 Å². The number of rotatable bonds is 5. The molecule has 1 saturated heterocycles. The summed E-state index contributed by atoms with van der Waals surface area (Å²) in [4.78, 5) is 14.8. The Hall–Kier alpha value is -2.39. The van der Waals surface area contributed by atoms with Crippen molar-refractivity contribution < 1.29 is 22.4 Å². The van der Waals surface area contributed by atoms with Gasteiger partial charge in [0.25, 0.3) is 5.91 Å². The Morgan fingerprint density at radius 3 is 2.75 bits per heavy atom. The number of carbonyl (C=O) groups excluding carboxylic acids is 1. The van der Waals surface area contributed by atoms with Crippen LogP contribution in [0.5, 0.6) is 0 Å². The van der Waals surface area contributed by atoms with Gasteiger partial charge < -0.3 is 9.32 Å². The fourth-order valence-electron chi connectivity index (χ4n) is 4.15. The van der Waals surface area contributed by atoms with Crippen LogP contribution in [-0.2, 0) is 12.1 Å². The van der Waals surface area contributed by atoms with Crippen LogP contribution in [0.4, 0.5) is 13.2 Å². The lowest BCUT2D eigenvalue weighted by Crippen LogP contribution is -2.54. The molecule has 0 N–H and O–H groups in total. The lowest BCUT2D eigenvalue weighted by molar-refractivity contribution is -0.137. The summed E-state index contributed by atoms with van der Waals surface area (Å²) in [5.74, 6) is 1.02. The van der Waals surface area contributed by atoms with Gasteiger partial charge in [0.1, 0.15) is 11.2 Å². The molecule has 1 saturated carbocycles. The molecule has 4 rings (SSSR count). The van der Waals surface area contributed by atoms with Crippen LogP contribution in [0.15, 0.2) is 16.7 Å². The highest BCUT2D eigenvalue weighted by Crippen LogP contribution is 2.56. The van der Waals surface area contributed by atoms with E-state index in [1.165, 1.54) is 12.3 Å². The van der Waals surface area contributed by atoms with Gasteiger partial charge in [-0.1, -0.05) is 13.8 Å². The minimum absolute atomic E-state index is 0.0889. The van der Waals surface area contributed by atoms with E-state index in [1.807, 2.05) is 13.8 Å². The number of carbonyl (C=O) groups is 1. The smallest absolute Gasteiger partial charge is 0.390 e. The Labute approximate surface area is 159 Å². The molecule has 2 fully saturated rings. The minimum atomic E-state index is -4.26. The summed E-state index contributed by atoms with van der Waals surface area (Å²) in [6.07, 6.45) is -1.30. The quantitative estimate of drug-likeness (QED) is 0.772. The molecule has 2 aromatic rings. The molecule has 2 atom stereocenters. The van der Waals surface area contributed by atoms with Crippen molar-refractivity contribution in [3.8, 4) is 0 Å². The standard InChI is InChI=1S/C18H22F3N5O2/c1-11(2)14-22-23-16(28-14)17-6-3-12(17)4-9-26(17)15(27)13-5-8-25(24-13)10-7-18(19,20)21/h5,8,11-12H,3-4,6-7,9-10H2,1-2H3/t12-,17-/m0/s1. The predicted octanol–water partition coefficient (Wildman–Crippen LogP) is 3.49. The number of hydrogen-bond donors (Lipinski definition) is 0. The van der Waals surface area contributed by atoms with Crippen LogP contribution in [0, 0.1) is 5.92 Å². The summed E-state index contributed by atoms with van der Waals surface area (Å²) in [6, 6.07) is 1.46. The molecule has 1 aliphatic carbocycles. The van der Waals surface area contributed by atoms with Crippen molar-refractivity contribution in [3.05, 3.63) is 29.7 Å². The van der Waals surface area contributed by atoms with Gasteiger partial charge >= 0.3 is 6.18 Å². The molecule has 1 aliphatic heterocycles. The zero-order valence-corrected chi connectivity index (χ0v) is 15.7. The molecule has 0 bridgehead atoms. The molecule has 2 aromatic heterocycles. The van der Waals surface area contributed by atoms with Crippen molar-refractivity contribution >= 4 is 5.91 Å². The van der Waals surface area contributed by atoms with Crippen LogP contribution in [0.1, 0.15) is 67.7 Å². The van der Waals surface area contributed by atoms with Gasteiger partial charge in [-0.05, 0) is 31.2 Å². The first kappa shape index (κ1) is 18.9. The van der Waals surface area contributed by atoms with Gasteiger partial charge in [-0.25, -0.2) is 0 Å². The SMILES string of the molecule is CC(C)c1nnc([C@]23CC[C@H]2CCN3C(=O)c2ccn(CCC(F)(F)F)n2)o1. The highest BCUT2D eigenvalue weighted by atomic mass is 19.4. The second-order valence-electron chi connectivity index (χ2n) is 7.83.